The molecule has 0 aliphatic carbocycles. The topological polar surface area (TPSA) is 49.4 Å². The second-order valence-corrected chi connectivity index (χ2v) is 6.88. The van der Waals surface area contributed by atoms with E-state index in [4.69, 9.17) is 23.2 Å². The minimum atomic E-state index is -0.659. The van der Waals surface area contributed by atoms with Crippen molar-refractivity contribution in [1.29, 1.82) is 0 Å². The maximum atomic E-state index is 13.2. The first-order valence-electron chi connectivity index (χ1n) is 8.55. The highest BCUT2D eigenvalue weighted by Crippen LogP contribution is 2.26. The summed E-state index contributed by atoms with van der Waals surface area (Å²) in [6.07, 6.45) is 0.399. The Hall–Kier alpha value is -2.11. The van der Waals surface area contributed by atoms with Gasteiger partial charge in [-0.15, -0.1) is 0 Å². The molecular weight excluding hydrogens is 390 g/mol. The smallest absolute Gasteiger partial charge is 0.242 e. The van der Waals surface area contributed by atoms with Crippen molar-refractivity contribution >= 4 is 35.0 Å². The normalized spacial score (nSPS) is 11.7. The van der Waals surface area contributed by atoms with Gasteiger partial charge < -0.3 is 10.2 Å². The van der Waals surface area contributed by atoms with Crippen LogP contribution in [0, 0.1) is 5.82 Å². The molecule has 2 aromatic carbocycles. The molecule has 0 bridgehead atoms. The number of hydrogen-bond donors (Lipinski definition) is 1. The van der Waals surface area contributed by atoms with Crippen molar-refractivity contribution in [3.8, 4) is 0 Å². The van der Waals surface area contributed by atoms with E-state index in [-0.39, 0.29) is 30.6 Å². The van der Waals surface area contributed by atoms with Crippen LogP contribution in [0.1, 0.15) is 24.5 Å². The van der Waals surface area contributed by atoms with Gasteiger partial charge in [0, 0.05) is 23.6 Å². The quantitative estimate of drug-likeness (QED) is 0.742. The molecule has 27 heavy (non-hydrogen) atoms. The van der Waals surface area contributed by atoms with Gasteiger partial charge in [-0.25, -0.2) is 4.39 Å². The summed E-state index contributed by atoms with van der Waals surface area (Å²) in [6, 6.07) is 10.2. The first-order valence-corrected chi connectivity index (χ1v) is 9.31. The van der Waals surface area contributed by atoms with Gasteiger partial charge in [0.15, 0.2) is 0 Å². The Balaban J connectivity index is 2.33. The van der Waals surface area contributed by atoms with E-state index in [1.807, 2.05) is 6.92 Å². The average Bonchev–Trinajstić information content (AvgIpc) is 2.65. The molecule has 0 saturated heterocycles. The van der Waals surface area contributed by atoms with Crippen molar-refractivity contribution in [2.75, 3.05) is 7.05 Å². The Morgan fingerprint density at radius 3 is 2.22 bits per heavy atom. The molecule has 0 heterocycles. The summed E-state index contributed by atoms with van der Waals surface area (Å²) in [5, 5.41) is 3.38. The predicted molar refractivity (Wildman–Crippen MR) is 105 cm³/mol. The third-order valence-electron chi connectivity index (χ3n) is 4.29. The Labute approximate surface area is 168 Å². The van der Waals surface area contributed by atoms with E-state index in [9.17, 15) is 14.0 Å². The molecule has 1 N–H and O–H groups in total. The van der Waals surface area contributed by atoms with Crippen LogP contribution in [-0.2, 0) is 22.6 Å². The molecule has 0 aliphatic heterocycles. The van der Waals surface area contributed by atoms with E-state index in [0.29, 0.717) is 22.0 Å². The fourth-order valence-electron chi connectivity index (χ4n) is 2.83. The maximum Gasteiger partial charge on any atom is 0.242 e. The molecule has 144 valence electrons. The van der Waals surface area contributed by atoms with Crippen LogP contribution in [0.4, 0.5) is 4.39 Å². The van der Waals surface area contributed by atoms with E-state index in [2.05, 4.69) is 5.32 Å². The zero-order valence-corrected chi connectivity index (χ0v) is 16.6. The van der Waals surface area contributed by atoms with Crippen molar-refractivity contribution in [3.05, 3.63) is 69.5 Å². The molecule has 4 nitrogen and oxygen atoms in total. The van der Waals surface area contributed by atoms with Crippen molar-refractivity contribution in [3.63, 3.8) is 0 Å². The molecule has 0 aromatic heterocycles. The van der Waals surface area contributed by atoms with Crippen LogP contribution in [0.3, 0.4) is 0 Å². The van der Waals surface area contributed by atoms with Crippen LogP contribution >= 0.6 is 23.2 Å². The first kappa shape index (κ1) is 21.2. The molecule has 2 aromatic rings. The summed E-state index contributed by atoms with van der Waals surface area (Å²) in [5.41, 5.74) is 1.24. The Bertz CT molecular complexity index is 792. The second kappa shape index (κ2) is 9.72. The van der Waals surface area contributed by atoms with Gasteiger partial charge in [-0.05, 0) is 41.8 Å². The van der Waals surface area contributed by atoms with Gasteiger partial charge >= 0.3 is 0 Å². The SMILES string of the molecule is CC[C@@H](C(=O)NC)N(Cc1ccc(F)cc1)C(=O)Cc1c(Cl)cccc1Cl. The molecule has 0 radical (unpaired) electrons. The van der Waals surface area contributed by atoms with E-state index < -0.39 is 6.04 Å². The fourth-order valence-corrected chi connectivity index (χ4v) is 3.36. The van der Waals surface area contributed by atoms with E-state index in [1.54, 1.807) is 30.3 Å². The van der Waals surface area contributed by atoms with Crippen LogP contribution in [0.5, 0.6) is 0 Å². The third-order valence-corrected chi connectivity index (χ3v) is 5.00. The van der Waals surface area contributed by atoms with Crippen LogP contribution in [0.2, 0.25) is 10.0 Å². The summed E-state index contributed by atoms with van der Waals surface area (Å²) >= 11 is 12.4. The van der Waals surface area contributed by atoms with Gasteiger partial charge in [0.25, 0.3) is 0 Å². The highest BCUT2D eigenvalue weighted by molar-refractivity contribution is 6.36. The lowest BCUT2D eigenvalue weighted by Gasteiger charge is -2.30. The maximum absolute atomic E-state index is 13.2. The predicted octanol–water partition coefficient (Wildman–Crippen LogP) is 4.23. The number of amides is 2. The van der Waals surface area contributed by atoms with Gasteiger partial charge in [0.1, 0.15) is 11.9 Å². The van der Waals surface area contributed by atoms with Crippen molar-refractivity contribution in [1.82, 2.24) is 10.2 Å². The van der Waals surface area contributed by atoms with E-state index in [0.717, 1.165) is 5.56 Å². The molecule has 0 unspecified atom stereocenters. The summed E-state index contributed by atoms with van der Waals surface area (Å²) in [6.45, 7) is 2.00. The number of rotatable bonds is 7. The van der Waals surface area contributed by atoms with Gasteiger partial charge in [-0.1, -0.05) is 48.3 Å². The monoisotopic (exact) mass is 410 g/mol. The minimum Gasteiger partial charge on any atom is -0.357 e. The van der Waals surface area contributed by atoms with E-state index in [1.165, 1.54) is 24.1 Å². The number of nitrogens with one attached hydrogen (secondary N) is 1. The summed E-state index contributed by atoms with van der Waals surface area (Å²) in [4.78, 5) is 26.8. The van der Waals surface area contributed by atoms with E-state index >= 15 is 0 Å². The molecule has 0 fully saturated rings. The lowest BCUT2D eigenvalue weighted by atomic mass is 10.1. The van der Waals surface area contributed by atoms with Crippen LogP contribution in [-0.4, -0.2) is 29.8 Å². The van der Waals surface area contributed by atoms with Crippen molar-refractivity contribution in [2.45, 2.75) is 32.4 Å². The Morgan fingerprint density at radius 2 is 1.70 bits per heavy atom. The van der Waals surface area contributed by atoms with Crippen LogP contribution in [0.15, 0.2) is 42.5 Å². The molecule has 0 aliphatic rings. The lowest BCUT2D eigenvalue weighted by Crippen LogP contribution is -2.48. The molecule has 0 saturated carbocycles. The number of nitrogens with zero attached hydrogens (tertiary/aromatic N) is 1. The molecule has 0 spiro atoms. The lowest BCUT2D eigenvalue weighted by molar-refractivity contribution is -0.140. The highest BCUT2D eigenvalue weighted by Gasteiger charge is 2.28. The molecule has 2 rings (SSSR count). The van der Waals surface area contributed by atoms with Crippen LogP contribution < -0.4 is 5.32 Å². The van der Waals surface area contributed by atoms with Crippen molar-refractivity contribution < 1.29 is 14.0 Å². The van der Waals surface area contributed by atoms with Gasteiger partial charge in [0.05, 0.1) is 6.42 Å². The second-order valence-electron chi connectivity index (χ2n) is 6.06. The molecule has 2 amide bonds. The highest BCUT2D eigenvalue weighted by atomic mass is 35.5. The Morgan fingerprint density at radius 1 is 1.11 bits per heavy atom. The number of likely N-dealkylation sites (N-methyl/N-ethyl adjacent to an activating group) is 1. The van der Waals surface area contributed by atoms with Gasteiger partial charge in [-0.2, -0.15) is 0 Å². The van der Waals surface area contributed by atoms with Gasteiger partial charge in [0.2, 0.25) is 11.8 Å². The zero-order valence-electron chi connectivity index (χ0n) is 15.1. The number of hydrogen-bond acceptors (Lipinski definition) is 2. The zero-order chi connectivity index (χ0) is 20.0. The molecular formula is C20H21Cl2FN2O2. The minimum absolute atomic E-state index is 0.0345. The number of benzene rings is 2. The van der Waals surface area contributed by atoms with Gasteiger partial charge in [-0.3, -0.25) is 9.59 Å². The standard InChI is InChI=1S/C20H21Cl2FN2O2/c1-3-18(20(27)24-2)25(12-13-7-9-14(23)10-8-13)19(26)11-15-16(21)5-4-6-17(15)22/h4-10,18H,3,11-12H2,1-2H3,(H,24,27)/t18-/m0/s1. The summed E-state index contributed by atoms with van der Waals surface area (Å²) in [7, 11) is 1.52. The van der Waals surface area contributed by atoms with Crippen molar-refractivity contribution in [2.24, 2.45) is 0 Å². The summed E-state index contributed by atoms with van der Waals surface area (Å²) < 4.78 is 13.2. The first-order chi connectivity index (χ1) is 12.9. The fraction of sp³-hybridized carbons (Fsp3) is 0.300. The number of halogens is 3. The number of carbonyl (C=O) groups is 2. The third kappa shape index (κ3) is 5.44. The molecule has 7 heteroatoms. The largest absolute Gasteiger partial charge is 0.357 e. The average molecular weight is 411 g/mol. The molecule has 1 atom stereocenters. The summed E-state index contributed by atoms with van der Waals surface area (Å²) in [5.74, 6) is -0.916. The number of carbonyl (C=O) groups excluding carboxylic acids is 2. The van der Waals surface area contributed by atoms with Crippen LogP contribution in [0.25, 0.3) is 0 Å². The Kier molecular flexibility index (Phi) is 7.63.